The van der Waals surface area contributed by atoms with Gasteiger partial charge in [-0.2, -0.15) is 0 Å². The molecule has 1 N–H and O–H groups in total. The molecule has 290 valence electrons. The third-order valence-electron chi connectivity index (χ3n) is 8.87. The molecule has 0 spiro atoms. The molecule has 7 rings (SSSR count). The van der Waals surface area contributed by atoms with E-state index in [-0.39, 0.29) is 48.9 Å². The molecular weight excluding hydrogens is 742 g/mol. The fourth-order valence-corrected chi connectivity index (χ4v) is 6.08. The topological polar surface area (TPSA) is 97.6 Å². The molecule has 0 aliphatic heterocycles. The Morgan fingerprint density at radius 3 is 1.60 bits per heavy atom. The van der Waals surface area contributed by atoms with Gasteiger partial charge in [-0.3, -0.25) is 4.79 Å². The van der Waals surface area contributed by atoms with E-state index < -0.39 is 5.43 Å². The van der Waals surface area contributed by atoms with Crippen molar-refractivity contribution in [1.29, 1.82) is 0 Å². The maximum atomic E-state index is 14.7. The molecule has 0 atom stereocenters. The van der Waals surface area contributed by atoms with Crippen LogP contribution < -0.4 is 33.9 Å². The quantitative estimate of drug-likeness (QED) is 0.0599. The molecule has 0 unspecified atom stereocenters. The molecule has 0 bridgehead atoms. The fourth-order valence-electron chi connectivity index (χ4n) is 6.01. The third-order valence-corrected chi connectivity index (χ3v) is 9.06. The molecule has 0 amide bonds. The highest BCUT2D eigenvalue weighted by atomic mass is 35.5. The molecule has 10 heteroatoms. The SMILES string of the molecule is O=c1c(OCCOCCNCl)c(-c2ccc(OCc3ccccc3)c(OCc3ccccc3)c2)oc2cc(OCc3ccccc3)cc(OCc3ccccc3)c12. The van der Waals surface area contributed by atoms with Crippen LogP contribution in [0.2, 0.25) is 0 Å². The van der Waals surface area contributed by atoms with Crippen molar-refractivity contribution in [1.82, 2.24) is 4.84 Å². The van der Waals surface area contributed by atoms with E-state index in [9.17, 15) is 4.79 Å². The van der Waals surface area contributed by atoms with Gasteiger partial charge in [-0.15, -0.1) is 0 Å². The summed E-state index contributed by atoms with van der Waals surface area (Å²) >= 11 is 5.59. The van der Waals surface area contributed by atoms with Crippen LogP contribution in [-0.4, -0.2) is 26.4 Å². The van der Waals surface area contributed by atoms with Crippen LogP contribution in [-0.2, 0) is 31.2 Å². The molecule has 6 aromatic carbocycles. The number of nitrogens with one attached hydrogen (secondary N) is 1. The first-order valence-corrected chi connectivity index (χ1v) is 19.0. The average Bonchev–Trinajstić information content (AvgIpc) is 3.26. The van der Waals surface area contributed by atoms with Gasteiger partial charge in [0.25, 0.3) is 0 Å². The van der Waals surface area contributed by atoms with Crippen molar-refractivity contribution in [3.8, 4) is 40.1 Å². The second-order valence-electron chi connectivity index (χ2n) is 13.0. The zero-order valence-corrected chi connectivity index (χ0v) is 32.0. The van der Waals surface area contributed by atoms with Crippen molar-refractivity contribution in [2.75, 3.05) is 26.4 Å². The molecule has 0 radical (unpaired) electrons. The molecule has 0 fully saturated rings. The second-order valence-corrected chi connectivity index (χ2v) is 13.3. The lowest BCUT2D eigenvalue weighted by molar-refractivity contribution is 0.103. The number of hydrogen-bond acceptors (Lipinski definition) is 9. The van der Waals surface area contributed by atoms with Crippen LogP contribution in [0.5, 0.6) is 28.7 Å². The van der Waals surface area contributed by atoms with Crippen molar-refractivity contribution in [3.05, 3.63) is 184 Å². The summed E-state index contributed by atoms with van der Waals surface area (Å²) in [6.07, 6.45) is 0. The Balaban J connectivity index is 1.30. The van der Waals surface area contributed by atoms with Gasteiger partial charge in [0.1, 0.15) is 55.5 Å². The summed E-state index contributed by atoms with van der Waals surface area (Å²) in [7, 11) is 0. The van der Waals surface area contributed by atoms with Gasteiger partial charge in [-0.05, 0) is 52.2 Å². The Labute approximate surface area is 336 Å². The number of rotatable bonds is 20. The molecule has 1 heterocycles. The van der Waals surface area contributed by atoms with Crippen LogP contribution >= 0.6 is 11.8 Å². The Bertz CT molecular complexity index is 2380. The summed E-state index contributed by atoms with van der Waals surface area (Å²) < 4.78 is 43.8. The molecule has 9 nitrogen and oxygen atoms in total. The zero-order valence-electron chi connectivity index (χ0n) is 31.2. The molecular formula is C47H42ClNO8. The molecule has 1 aromatic heterocycles. The zero-order chi connectivity index (χ0) is 39.1. The second kappa shape index (κ2) is 20.1. The Morgan fingerprint density at radius 1 is 0.509 bits per heavy atom. The van der Waals surface area contributed by atoms with Crippen LogP contribution in [0.3, 0.4) is 0 Å². The number of benzene rings is 6. The number of hydrogen-bond donors (Lipinski definition) is 1. The van der Waals surface area contributed by atoms with E-state index in [1.54, 1.807) is 18.2 Å². The molecule has 0 saturated heterocycles. The van der Waals surface area contributed by atoms with Crippen molar-refractivity contribution in [2.45, 2.75) is 26.4 Å². The minimum absolute atomic E-state index is 0.00366. The summed E-state index contributed by atoms with van der Waals surface area (Å²) in [6, 6.07) is 48.1. The first-order valence-electron chi connectivity index (χ1n) is 18.6. The van der Waals surface area contributed by atoms with Gasteiger partial charge < -0.3 is 32.8 Å². The fraction of sp³-hybridized carbons (Fsp3) is 0.170. The highest BCUT2D eigenvalue weighted by Gasteiger charge is 2.23. The molecule has 57 heavy (non-hydrogen) atoms. The van der Waals surface area contributed by atoms with Gasteiger partial charge in [0.05, 0.1) is 13.2 Å². The lowest BCUT2D eigenvalue weighted by Gasteiger charge is -2.17. The largest absolute Gasteiger partial charge is 0.489 e. The van der Waals surface area contributed by atoms with E-state index in [0.717, 1.165) is 22.3 Å². The normalized spacial score (nSPS) is 11.0. The molecule has 0 aliphatic carbocycles. The Morgan fingerprint density at radius 2 is 1.04 bits per heavy atom. The maximum absolute atomic E-state index is 14.7. The van der Waals surface area contributed by atoms with E-state index >= 15 is 0 Å². The third kappa shape index (κ3) is 10.7. The van der Waals surface area contributed by atoms with Gasteiger partial charge in [-0.1, -0.05) is 121 Å². The average molecular weight is 784 g/mol. The lowest BCUT2D eigenvalue weighted by atomic mass is 10.1. The summed E-state index contributed by atoms with van der Waals surface area (Å²) in [6.45, 7) is 2.22. The molecule has 7 aromatic rings. The first kappa shape index (κ1) is 39.0. The van der Waals surface area contributed by atoms with Crippen molar-refractivity contribution in [3.63, 3.8) is 0 Å². The van der Waals surface area contributed by atoms with Gasteiger partial charge >= 0.3 is 0 Å². The highest BCUT2D eigenvalue weighted by molar-refractivity contribution is 6.13. The summed E-state index contributed by atoms with van der Waals surface area (Å²) in [5.41, 5.74) is 4.28. The smallest absolute Gasteiger partial charge is 0.239 e. The monoisotopic (exact) mass is 783 g/mol. The molecule has 0 aliphatic rings. The predicted molar refractivity (Wildman–Crippen MR) is 221 cm³/mol. The minimum atomic E-state index is -0.414. The van der Waals surface area contributed by atoms with Gasteiger partial charge in [0.15, 0.2) is 17.3 Å². The van der Waals surface area contributed by atoms with Crippen LogP contribution in [0.25, 0.3) is 22.3 Å². The Hall–Kier alpha value is -6.26. The standard InChI is InChI=1S/C47H42ClNO8/c48-49-23-24-51-25-26-52-47-45(50)44-42(56-33-37-19-11-4-12-20-37)28-39(53-30-34-13-5-1-6-14-34)29-43(44)57-46(47)38-21-22-40(54-31-35-15-7-2-8-16-35)41(27-38)55-32-36-17-9-3-10-18-36/h1-22,27-29,49H,23-26,30-33H2. The molecule has 0 saturated carbocycles. The van der Waals surface area contributed by atoms with Gasteiger partial charge in [0, 0.05) is 24.2 Å². The minimum Gasteiger partial charge on any atom is -0.489 e. The van der Waals surface area contributed by atoms with Crippen LogP contribution in [0.1, 0.15) is 22.3 Å². The summed E-state index contributed by atoms with van der Waals surface area (Å²) in [5, 5.41) is 0.215. The number of fused-ring (bicyclic) bond motifs is 1. The maximum Gasteiger partial charge on any atom is 0.239 e. The number of halogens is 1. The van der Waals surface area contributed by atoms with Crippen molar-refractivity contribution < 1.29 is 32.8 Å². The Kier molecular flexibility index (Phi) is 13.7. The van der Waals surface area contributed by atoms with E-state index in [2.05, 4.69) is 4.84 Å². The van der Waals surface area contributed by atoms with Gasteiger partial charge in [-0.25, -0.2) is 4.84 Å². The predicted octanol–water partition coefficient (Wildman–Crippen LogP) is 9.91. The van der Waals surface area contributed by atoms with E-state index in [1.807, 2.05) is 133 Å². The van der Waals surface area contributed by atoms with E-state index in [0.29, 0.717) is 54.9 Å². The van der Waals surface area contributed by atoms with Crippen molar-refractivity contribution >= 4 is 22.7 Å². The summed E-state index contributed by atoms with van der Waals surface area (Å²) in [4.78, 5) is 17.2. The van der Waals surface area contributed by atoms with Crippen molar-refractivity contribution in [2.24, 2.45) is 0 Å². The van der Waals surface area contributed by atoms with Crippen LogP contribution in [0.4, 0.5) is 0 Å². The number of ether oxygens (including phenoxy) is 6. The van der Waals surface area contributed by atoms with E-state index in [1.165, 1.54) is 0 Å². The van der Waals surface area contributed by atoms with Gasteiger partial charge in [0.2, 0.25) is 11.2 Å². The van der Waals surface area contributed by atoms with E-state index in [4.69, 9.17) is 44.6 Å². The van der Waals surface area contributed by atoms with Crippen LogP contribution in [0.15, 0.2) is 161 Å². The lowest BCUT2D eigenvalue weighted by Crippen LogP contribution is -2.17. The van der Waals surface area contributed by atoms with Crippen LogP contribution in [0, 0.1) is 0 Å². The first-order chi connectivity index (χ1) is 28.1. The highest BCUT2D eigenvalue weighted by Crippen LogP contribution is 2.40. The summed E-state index contributed by atoms with van der Waals surface area (Å²) in [5.74, 6) is 1.95.